The van der Waals surface area contributed by atoms with Gasteiger partial charge in [0.1, 0.15) is 12.1 Å². The molecule has 0 radical (unpaired) electrons. The first-order chi connectivity index (χ1) is 14.4. The van der Waals surface area contributed by atoms with Crippen molar-refractivity contribution in [2.45, 2.75) is 13.8 Å². The Hall–Kier alpha value is -3.79. The number of hydrogen-bond acceptors (Lipinski definition) is 9. The van der Waals surface area contributed by atoms with E-state index in [-0.39, 0.29) is 17.3 Å². The summed E-state index contributed by atoms with van der Waals surface area (Å²) in [5.41, 5.74) is 3.30. The van der Waals surface area contributed by atoms with E-state index in [0.717, 1.165) is 27.0 Å². The SMILES string of the molecule is COc1ccc2nc(Nc3ncnc(Nc4ccc(C)cc4C)c3[N+](=O)[O-])sc2c1. The molecule has 152 valence electrons. The number of nitrogens with zero attached hydrogens (tertiary/aromatic N) is 4. The average molecular weight is 422 g/mol. The third-order valence-electron chi connectivity index (χ3n) is 4.46. The third kappa shape index (κ3) is 3.85. The zero-order valence-corrected chi connectivity index (χ0v) is 17.3. The van der Waals surface area contributed by atoms with E-state index in [2.05, 4.69) is 25.6 Å². The summed E-state index contributed by atoms with van der Waals surface area (Å²) in [5.74, 6) is 0.881. The number of ether oxygens (including phenoxy) is 1. The summed E-state index contributed by atoms with van der Waals surface area (Å²) in [5, 5.41) is 18.3. The van der Waals surface area contributed by atoms with Gasteiger partial charge in [-0.2, -0.15) is 0 Å². The highest BCUT2D eigenvalue weighted by atomic mass is 32.1. The Kier molecular flexibility index (Phi) is 5.15. The largest absolute Gasteiger partial charge is 0.497 e. The molecule has 2 N–H and O–H groups in total. The van der Waals surface area contributed by atoms with Crippen LogP contribution < -0.4 is 15.4 Å². The molecule has 2 aromatic heterocycles. The second kappa shape index (κ2) is 7.91. The maximum Gasteiger partial charge on any atom is 0.353 e. The molecule has 0 saturated heterocycles. The Morgan fingerprint density at radius 1 is 1.07 bits per heavy atom. The molecule has 0 atom stereocenters. The van der Waals surface area contributed by atoms with Crippen LogP contribution in [0, 0.1) is 24.0 Å². The predicted molar refractivity (Wildman–Crippen MR) is 117 cm³/mol. The van der Waals surface area contributed by atoms with E-state index in [1.165, 1.54) is 17.7 Å². The number of nitro groups is 1. The topological polar surface area (TPSA) is 115 Å². The maximum absolute atomic E-state index is 11.8. The van der Waals surface area contributed by atoms with Crippen molar-refractivity contribution in [1.82, 2.24) is 15.0 Å². The lowest BCUT2D eigenvalue weighted by Gasteiger charge is -2.11. The maximum atomic E-state index is 11.8. The summed E-state index contributed by atoms with van der Waals surface area (Å²) in [6.07, 6.45) is 1.28. The van der Waals surface area contributed by atoms with Gasteiger partial charge in [0.2, 0.25) is 11.6 Å². The molecule has 0 fully saturated rings. The number of aryl methyl sites for hydroxylation is 2. The summed E-state index contributed by atoms with van der Waals surface area (Å²) < 4.78 is 6.12. The number of thiazole rings is 1. The van der Waals surface area contributed by atoms with E-state index in [4.69, 9.17) is 4.74 Å². The van der Waals surface area contributed by atoms with Crippen molar-refractivity contribution >= 4 is 49.7 Å². The molecule has 0 aliphatic carbocycles. The van der Waals surface area contributed by atoms with Crippen LogP contribution in [-0.2, 0) is 0 Å². The molecular formula is C20H18N6O3S. The van der Waals surface area contributed by atoms with Gasteiger partial charge in [-0.05, 0) is 43.7 Å². The highest BCUT2D eigenvalue weighted by Crippen LogP contribution is 2.36. The van der Waals surface area contributed by atoms with E-state index >= 15 is 0 Å². The van der Waals surface area contributed by atoms with Crippen LogP contribution in [0.1, 0.15) is 11.1 Å². The minimum Gasteiger partial charge on any atom is -0.497 e. The number of methoxy groups -OCH3 is 1. The Balaban J connectivity index is 1.70. The van der Waals surface area contributed by atoms with Crippen LogP contribution in [0.15, 0.2) is 42.7 Å². The number of benzene rings is 2. The molecule has 4 rings (SSSR count). The summed E-state index contributed by atoms with van der Waals surface area (Å²) in [6.45, 7) is 3.91. The van der Waals surface area contributed by atoms with Crippen LogP contribution in [0.3, 0.4) is 0 Å². The van der Waals surface area contributed by atoms with Crippen molar-refractivity contribution in [2.24, 2.45) is 0 Å². The smallest absolute Gasteiger partial charge is 0.353 e. The van der Waals surface area contributed by atoms with Gasteiger partial charge in [-0.25, -0.2) is 15.0 Å². The lowest BCUT2D eigenvalue weighted by atomic mass is 10.1. The molecule has 0 aliphatic heterocycles. The zero-order chi connectivity index (χ0) is 21.3. The van der Waals surface area contributed by atoms with Crippen molar-refractivity contribution in [3.63, 3.8) is 0 Å². The molecule has 0 amide bonds. The van der Waals surface area contributed by atoms with Gasteiger partial charge < -0.3 is 15.4 Å². The van der Waals surface area contributed by atoms with Gasteiger partial charge in [0, 0.05) is 5.69 Å². The van der Waals surface area contributed by atoms with E-state index in [9.17, 15) is 10.1 Å². The second-order valence-corrected chi connectivity index (χ2v) is 7.63. The molecule has 10 heteroatoms. The van der Waals surface area contributed by atoms with Crippen LogP contribution >= 0.6 is 11.3 Å². The van der Waals surface area contributed by atoms with E-state index in [0.29, 0.717) is 10.9 Å². The summed E-state index contributed by atoms with van der Waals surface area (Å²) in [4.78, 5) is 24.0. The quantitative estimate of drug-likeness (QED) is 0.325. The fourth-order valence-corrected chi connectivity index (χ4v) is 3.90. The van der Waals surface area contributed by atoms with Crippen LogP contribution in [-0.4, -0.2) is 27.0 Å². The lowest BCUT2D eigenvalue weighted by molar-refractivity contribution is -0.383. The summed E-state index contributed by atoms with van der Waals surface area (Å²) in [7, 11) is 1.59. The number of fused-ring (bicyclic) bond motifs is 1. The molecule has 0 bridgehead atoms. The fraction of sp³-hybridized carbons (Fsp3) is 0.150. The van der Waals surface area contributed by atoms with Gasteiger partial charge in [-0.15, -0.1) is 0 Å². The monoisotopic (exact) mass is 422 g/mol. The van der Waals surface area contributed by atoms with Gasteiger partial charge >= 0.3 is 5.69 Å². The van der Waals surface area contributed by atoms with Crippen molar-refractivity contribution in [1.29, 1.82) is 0 Å². The van der Waals surface area contributed by atoms with Gasteiger partial charge in [-0.3, -0.25) is 10.1 Å². The average Bonchev–Trinajstić information content (AvgIpc) is 3.11. The molecule has 4 aromatic rings. The first-order valence-electron chi connectivity index (χ1n) is 9.00. The van der Waals surface area contributed by atoms with Gasteiger partial charge in [0.25, 0.3) is 0 Å². The summed E-state index contributed by atoms with van der Waals surface area (Å²) >= 11 is 1.35. The van der Waals surface area contributed by atoms with Crippen LogP contribution in [0.2, 0.25) is 0 Å². The second-order valence-electron chi connectivity index (χ2n) is 6.60. The Labute approximate surface area is 175 Å². The molecule has 0 saturated carbocycles. The normalized spacial score (nSPS) is 10.8. The third-order valence-corrected chi connectivity index (χ3v) is 5.39. The Morgan fingerprint density at radius 2 is 1.83 bits per heavy atom. The van der Waals surface area contributed by atoms with Crippen LogP contribution in [0.25, 0.3) is 10.2 Å². The number of hydrogen-bond donors (Lipinski definition) is 2. The highest BCUT2D eigenvalue weighted by molar-refractivity contribution is 7.22. The predicted octanol–water partition coefficient (Wildman–Crippen LogP) is 5.11. The molecule has 9 nitrogen and oxygen atoms in total. The van der Waals surface area contributed by atoms with E-state index in [1.807, 2.05) is 50.2 Å². The molecule has 0 spiro atoms. The number of anilines is 4. The van der Waals surface area contributed by atoms with Crippen molar-refractivity contribution < 1.29 is 9.66 Å². The first-order valence-corrected chi connectivity index (χ1v) is 9.81. The molecule has 30 heavy (non-hydrogen) atoms. The molecule has 0 unspecified atom stereocenters. The molecule has 2 heterocycles. The van der Waals surface area contributed by atoms with Crippen molar-refractivity contribution in [3.8, 4) is 5.75 Å². The van der Waals surface area contributed by atoms with Gasteiger partial charge in [-0.1, -0.05) is 29.0 Å². The highest BCUT2D eigenvalue weighted by Gasteiger charge is 2.24. The Bertz CT molecular complexity index is 1260. The minimum atomic E-state index is -0.509. The lowest BCUT2D eigenvalue weighted by Crippen LogP contribution is -2.06. The molecule has 2 aromatic carbocycles. The van der Waals surface area contributed by atoms with Crippen molar-refractivity contribution in [3.05, 3.63) is 64.0 Å². The number of rotatable bonds is 6. The van der Waals surface area contributed by atoms with Gasteiger partial charge in [0.15, 0.2) is 5.13 Å². The Morgan fingerprint density at radius 3 is 2.53 bits per heavy atom. The number of nitrogens with one attached hydrogen (secondary N) is 2. The zero-order valence-electron chi connectivity index (χ0n) is 16.5. The van der Waals surface area contributed by atoms with E-state index < -0.39 is 4.92 Å². The fourth-order valence-electron chi connectivity index (χ4n) is 3.00. The van der Waals surface area contributed by atoms with Crippen LogP contribution in [0.5, 0.6) is 5.75 Å². The van der Waals surface area contributed by atoms with Crippen LogP contribution in [0.4, 0.5) is 28.1 Å². The van der Waals surface area contributed by atoms with Crippen molar-refractivity contribution in [2.75, 3.05) is 17.7 Å². The minimum absolute atomic E-state index is 0.0632. The standard InChI is InChI=1S/C20H18N6O3S/c1-11-4-6-14(12(2)8-11)23-18-17(26(27)28)19(22-10-21-18)25-20-24-15-7-5-13(29-3)9-16(15)30-20/h4-10H,1-3H3,(H2,21,22,23,24,25). The molecular weight excluding hydrogens is 404 g/mol. The molecule has 0 aliphatic rings. The first kappa shape index (κ1) is 19.5. The number of aromatic nitrogens is 3. The van der Waals surface area contributed by atoms with Gasteiger partial charge in [0.05, 0.1) is 22.2 Å². The van der Waals surface area contributed by atoms with E-state index in [1.54, 1.807) is 7.11 Å². The summed E-state index contributed by atoms with van der Waals surface area (Å²) in [6, 6.07) is 11.3.